The van der Waals surface area contributed by atoms with Crippen LogP contribution in [0.25, 0.3) is 0 Å². The monoisotopic (exact) mass is 528 g/mol. The molecule has 0 saturated heterocycles. The average Bonchev–Trinajstić information content (AvgIpc) is 2.87. The van der Waals surface area contributed by atoms with Gasteiger partial charge in [-0.05, 0) is 55.0 Å². The summed E-state index contributed by atoms with van der Waals surface area (Å²) in [7, 11) is -3.69. The predicted octanol–water partition coefficient (Wildman–Crippen LogP) is 7.90. The number of sulfone groups is 1. The van der Waals surface area contributed by atoms with Crippen molar-refractivity contribution in [2.45, 2.75) is 114 Å². The number of nitrogens with one attached hydrogen (secondary N) is 2. The first-order chi connectivity index (χ1) is 17.8. The van der Waals surface area contributed by atoms with E-state index in [-0.39, 0.29) is 21.6 Å². The standard InChI is InChI=1S/C30H44N2O4S/c1-3-4-5-6-7-8-9-10-11-12-13-14-15-16-30(34)32-27-19-23-29(24-20-27)37(35,36)28-21-17-26(18-22-28)31-25(2)33/h17-24H,3-16H2,1-2H3,(H,31,33)(H,32,34). The first-order valence-electron chi connectivity index (χ1n) is 13.9. The lowest BCUT2D eigenvalue weighted by Gasteiger charge is -2.09. The van der Waals surface area contributed by atoms with Crippen molar-refractivity contribution in [2.24, 2.45) is 0 Å². The molecule has 37 heavy (non-hydrogen) atoms. The number of carbonyl (C=O) groups is 2. The van der Waals surface area contributed by atoms with Crippen LogP contribution in [-0.2, 0) is 19.4 Å². The summed E-state index contributed by atoms with van der Waals surface area (Å²) >= 11 is 0. The molecule has 0 aliphatic carbocycles. The van der Waals surface area contributed by atoms with Gasteiger partial charge in [-0.3, -0.25) is 9.59 Å². The van der Waals surface area contributed by atoms with Gasteiger partial charge < -0.3 is 10.6 Å². The molecule has 0 spiro atoms. The quantitative estimate of drug-likeness (QED) is 0.192. The molecule has 0 aliphatic heterocycles. The van der Waals surface area contributed by atoms with Crippen LogP contribution in [0.4, 0.5) is 11.4 Å². The van der Waals surface area contributed by atoms with E-state index in [1.54, 1.807) is 24.3 Å². The second-order valence-corrected chi connectivity index (χ2v) is 11.7. The molecule has 204 valence electrons. The fourth-order valence-corrected chi connectivity index (χ4v) is 5.56. The molecule has 2 aromatic rings. The van der Waals surface area contributed by atoms with Gasteiger partial charge in [-0.15, -0.1) is 0 Å². The van der Waals surface area contributed by atoms with Crippen molar-refractivity contribution in [1.82, 2.24) is 0 Å². The Morgan fingerprint density at radius 1 is 0.595 bits per heavy atom. The van der Waals surface area contributed by atoms with Crippen LogP contribution in [0.15, 0.2) is 58.3 Å². The van der Waals surface area contributed by atoms with E-state index >= 15 is 0 Å². The van der Waals surface area contributed by atoms with Crippen LogP contribution in [-0.4, -0.2) is 20.2 Å². The minimum Gasteiger partial charge on any atom is -0.326 e. The highest BCUT2D eigenvalue weighted by molar-refractivity contribution is 7.91. The first-order valence-corrected chi connectivity index (χ1v) is 15.3. The largest absolute Gasteiger partial charge is 0.326 e. The van der Waals surface area contributed by atoms with Crippen molar-refractivity contribution in [1.29, 1.82) is 0 Å². The molecule has 0 unspecified atom stereocenters. The number of benzene rings is 2. The third-order valence-electron chi connectivity index (χ3n) is 6.44. The van der Waals surface area contributed by atoms with Gasteiger partial charge in [0.25, 0.3) is 0 Å². The molecule has 0 fully saturated rings. The van der Waals surface area contributed by atoms with Gasteiger partial charge in [0.05, 0.1) is 9.79 Å². The number of unbranched alkanes of at least 4 members (excludes halogenated alkanes) is 12. The zero-order valence-corrected chi connectivity index (χ0v) is 23.4. The highest BCUT2D eigenvalue weighted by atomic mass is 32.2. The summed E-state index contributed by atoms with van der Waals surface area (Å²) in [6.45, 7) is 3.65. The summed E-state index contributed by atoms with van der Waals surface area (Å²) in [6.07, 6.45) is 16.9. The molecule has 2 aromatic carbocycles. The Hall–Kier alpha value is -2.67. The van der Waals surface area contributed by atoms with Gasteiger partial charge in [0, 0.05) is 24.7 Å². The molecule has 0 radical (unpaired) electrons. The Morgan fingerprint density at radius 3 is 1.38 bits per heavy atom. The van der Waals surface area contributed by atoms with E-state index in [1.165, 1.54) is 102 Å². The van der Waals surface area contributed by atoms with Crippen LogP contribution in [0.5, 0.6) is 0 Å². The maximum atomic E-state index is 12.9. The van der Waals surface area contributed by atoms with Crippen LogP contribution in [0.2, 0.25) is 0 Å². The van der Waals surface area contributed by atoms with Gasteiger partial charge in [-0.2, -0.15) is 0 Å². The van der Waals surface area contributed by atoms with Gasteiger partial charge in [0.2, 0.25) is 21.7 Å². The van der Waals surface area contributed by atoms with Gasteiger partial charge in [0.1, 0.15) is 0 Å². The van der Waals surface area contributed by atoms with Crippen molar-refractivity contribution >= 4 is 33.0 Å². The molecule has 0 bridgehead atoms. The van der Waals surface area contributed by atoms with E-state index in [0.29, 0.717) is 17.8 Å². The summed E-state index contributed by atoms with van der Waals surface area (Å²) in [5, 5.41) is 5.47. The second-order valence-electron chi connectivity index (χ2n) is 9.77. The Morgan fingerprint density at radius 2 is 0.973 bits per heavy atom. The van der Waals surface area contributed by atoms with Crippen molar-refractivity contribution in [3.63, 3.8) is 0 Å². The predicted molar refractivity (Wildman–Crippen MR) is 152 cm³/mol. The van der Waals surface area contributed by atoms with Crippen molar-refractivity contribution < 1.29 is 18.0 Å². The van der Waals surface area contributed by atoms with E-state index in [1.807, 2.05) is 0 Å². The van der Waals surface area contributed by atoms with Gasteiger partial charge >= 0.3 is 0 Å². The van der Waals surface area contributed by atoms with Gasteiger partial charge in [-0.25, -0.2) is 8.42 Å². The van der Waals surface area contributed by atoms with Crippen LogP contribution in [0.1, 0.15) is 104 Å². The number of carbonyl (C=O) groups excluding carboxylic acids is 2. The summed E-state index contributed by atoms with van der Waals surface area (Å²) < 4.78 is 25.8. The third-order valence-corrected chi connectivity index (χ3v) is 8.23. The molecule has 0 aromatic heterocycles. The van der Waals surface area contributed by atoms with E-state index < -0.39 is 9.84 Å². The first kappa shape index (κ1) is 30.6. The van der Waals surface area contributed by atoms with Gasteiger partial charge in [-0.1, -0.05) is 84.0 Å². The molecule has 2 rings (SSSR count). The Bertz CT molecular complexity index is 1050. The minimum atomic E-state index is -3.69. The second kappa shape index (κ2) is 17.0. The van der Waals surface area contributed by atoms with Crippen LogP contribution >= 0.6 is 0 Å². The molecule has 2 N–H and O–H groups in total. The zero-order valence-electron chi connectivity index (χ0n) is 22.6. The topological polar surface area (TPSA) is 92.3 Å². The third kappa shape index (κ3) is 11.9. The van der Waals surface area contributed by atoms with E-state index in [9.17, 15) is 18.0 Å². The smallest absolute Gasteiger partial charge is 0.224 e. The lowest BCUT2D eigenvalue weighted by Crippen LogP contribution is -2.11. The number of hydrogen-bond acceptors (Lipinski definition) is 4. The average molecular weight is 529 g/mol. The molecule has 2 amide bonds. The summed E-state index contributed by atoms with van der Waals surface area (Å²) in [5.41, 5.74) is 1.12. The molecule has 0 saturated carbocycles. The Labute approximate surface area is 223 Å². The highest BCUT2D eigenvalue weighted by Crippen LogP contribution is 2.24. The molecule has 0 atom stereocenters. The van der Waals surface area contributed by atoms with Crippen molar-refractivity contribution in [2.75, 3.05) is 10.6 Å². The number of anilines is 2. The molecule has 7 heteroatoms. The Kier molecular flexibility index (Phi) is 14.0. The molecule has 0 heterocycles. The van der Waals surface area contributed by atoms with Gasteiger partial charge in [0.15, 0.2) is 0 Å². The molecule has 0 aliphatic rings. The van der Waals surface area contributed by atoms with E-state index in [4.69, 9.17) is 0 Å². The SMILES string of the molecule is CCCCCCCCCCCCCCCC(=O)Nc1ccc(S(=O)(=O)c2ccc(NC(C)=O)cc2)cc1. The van der Waals surface area contributed by atoms with Crippen LogP contribution in [0.3, 0.4) is 0 Å². The van der Waals surface area contributed by atoms with E-state index in [0.717, 1.165) is 12.8 Å². The number of rotatable bonds is 18. The fraction of sp³-hybridized carbons (Fsp3) is 0.533. The fourth-order valence-electron chi connectivity index (χ4n) is 4.30. The van der Waals surface area contributed by atoms with Crippen LogP contribution < -0.4 is 10.6 Å². The highest BCUT2D eigenvalue weighted by Gasteiger charge is 2.17. The minimum absolute atomic E-state index is 0.0489. The zero-order chi connectivity index (χ0) is 26.9. The summed E-state index contributed by atoms with van der Waals surface area (Å²) in [5.74, 6) is -0.269. The molecule has 6 nitrogen and oxygen atoms in total. The maximum absolute atomic E-state index is 12.9. The molecular weight excluding hydrogens is 484 g/mol. The maximum Gasteiger partial charge on any atom is 0.224 e. The molecular formula is C30H44N2O4S. The Balaban J connectivity index is 1.63. The summed E-state index contributed by atoms with van der Waals surface area (Å²) in [6, 6.07) is 12.3. The van der Waals surface area contributed by atoms with E-state index in [2.05, 4.69) is 17.6 Å². The van der Waals surface area contributed by atoms with Crippen LogP contribution in [0, 0.1) is 0 Å². The normalized spacial score (nSPS) is 11.3. The van der Waals surface area contributed by atoms with Crippen molar-refractivity contribution in [3.05, 3.63) is 48.5 Å². The lowest BCUT2D eigenvalue weighted by atomic mass is 10.0. The lowest BCUT2D eigenvalue weighted by molar-refractivity contribution is -0.116. The number of amides is 2. The number of hydrogen-bond donors (Lipinski definition) is 2. The van der Waals surface area contributed by atoms with Crippen molar-refractivity contribution in [3.8, 4) is 0 Å². The summed E-state index contributed by atoms with van der Waals surface area (Å²) in [4.78, 5) is 23.7.